The van der Waals surface area contributed by atoms with E-state index in [0.29, 0.717) is 37.1 Å². The van der Waals surface area contributed by atoms with Gasteiger partial charge in [0.1, 0.15) is 16.1 Å². The fraction of sp³-hybridized carbons (Fsp3) is 0.375. The van der Waals surface area contributed by atoms with Gasteiger partial charge in [-0.15, -0.1) is 0 Å². The van der Waals surface area contributed by atoms with Crippen molar-refractivity contribution in [2.45, 2.75) is 45.1 Å². The molecule has 1 fully saturated rings. The first kappa shape index (κ1) is 23.1. The van der Waals surface area contributed by atoms with Gasteiger partial charge < -0.3 is 9.09 Å². The molecule has 1 aliphatic rings. The molecule has 0 N–H and O–H groups in total. The second-order valence-electron chi connectivity index (χ2n) is 8.48. The highest BCUT2D eigenvalue weighted by atomic mass is 32.2. The summed E-state index contributed by atoms with van der Waals surface area (Å²) in [5, 5.41) is 3.77. The number of rotatable bonds is 5. The van der Waals surface area contributed by atoms with Crippen molar-refractivity contribution < 1.29 is 17.7 Å². The van der Waals surface area contributed by atoms with Gasteiger partial charge in [-0.2, -0.15) is 9.30 Å². The molecule has 2 aromatic heterocycles. The Labute approximate surface area is 193 Å². The number of amides is 1. The predicted octanol–water partition coefficient (Wildman–Crippen LogP) is 2.98. The minimum Gasteiger partial charge on any atom is -0.360 e. The lowest BCUT2D eigenvalue weighted by Crippen LogP contribution is -2.42. The summed E-state index contributed by atoms with van der Waals surface area (Å²) in [6, 6.07) is 13.8. The maximum atomic E-state index is 13.2. The zero-order valence-electron chi connectivity index (χ0n) is 19.1. The molecule has 1 aliphatic heterocycles. The number of carbonyl (C=O) groups is 1. The van der Waals surface area contributed by atoms with Crippen LogP contribution in [0.25, 0.3) is 0 Å². The molecule has 8 nitrogen and oxygen atoms in total. The summed E-state index contributed by atoms with van der Waals surface area (Å²) in [7, 11) is -3.79. The number of nitrogens with zero attached hydrogens (tertiary/aromatic N) is 4. The van der Waals surface area contributed by atoms with Crippen LogP contribution < -0.4 is 5.49 Å². The summed E-state index contributed by atoms with van der Waals surface area (Å²) in [5.41, 5.74) is 3.17. The summed E-state index contributed by atoms with van der Waals surface area (Å²) in [6.07, 6.45) is 3.08. The van der Waals surface area contributed by atoms with Crippen LogP contribution >= 0.6 is 0 Å². The van der Waals surface area contributed by atoms with Gasteiger partial charge in [-0.05, 0) is 51.3 Å². The molecule has 1 aromatic carbocycles. The number of hydrogen-bond acceptors (Lipinski definition) is 5. The fourth-order valence-corrected chi connectivity index (χ4v) is 5.95. The van der Waals surface area contributed by atoms with E-state index < -0.39 is 15.9 Å². The summed E-state index contributed by atoms with van der Waals surface area (Å²) in [6.45, 7) is 6.27. The number of hydrogen-bond donors (Lipinski definition) is 0. The van der Waals surface area contributed by atoms with Crippen LogP contribution in [0.1, 0.15) is 35.4 Å². The number of carbonyl (C=O) groups excluding carboxylic acids is 1. The maximum Gasteiger partial charge on any atom is 0.252 e. The van der Waals surface area contributed by atoms with E-state index in [-0.39, 0.29) is 23.1 Å². The van der Waals surface area contributed by atoms with Gasteiger partial charge in [0.05, 0.1) is 5.92 Å². The average Bonchev–Trinajstić information content (AvgIpc) is 3.15. The van der Waals surface area contributed by atoms with Crippen LogP contribution in [-0.4, -0.2) is 41.4 Å². The molecule has 3 aromatic rings. The van der Waals surface area contributed by atoms with Crippen LogP contribution in [0.15, 0.2) is 63.1 Å². The highest BCUT2D eigenvalue weighted by Crippen LogP contribution is 2.28. The Morgan fingerprint density at radius 2 is 1.91 bits per heavy atom. The molecule has 9 heteroatoms. The molecule has 0 spiro atoms. The Morgan fingerprint density at radius 3 is 2.61 bits per heavy atom. The molecule has 33 heavy (non-hydrogen) atoms. The van der Waals surface area contributed by atoms with Crippen molar-refractivity contribution in [3.05, 3.63) is 76.7 Å². The molecular weight excluding hydrogens is 440 g/mol. The number of aryl methyl sites for hydroxylation is 3. The number of aromatic nitrogens is 2. The lowest BCUT2D eigenvalue weighted by molar-refractivity contribution is -0.122. The van der Waals surface area contributed by atoms with Crippen molar-refractivity contribution in [1.29, 1.82) is 0 Å². The number of pyridine rings is 1. The Balaban J connectivity index is 1.56. The Hall–Kier alpha value is -3.04. The topological polar surface area (TPSA) is 97.8 Å². The summed E-state index contributed by atoms with van der Waals surface area (Å²) in [5.74, 6) is -0.549. The van der Waals surface area contributed by atoms with Crippen molar-refractivity contribution in [3.63, 3.8) is 0 Å². The van der Waals surface area contributed by atoms with Gasteiger partial charge in [-0.1, -0.05) is 41.1 Å². The molecule has 1 unspecified atom stereocenters. The Kier molecular flexibility index (Phi) is 6.62. The smallest absolute Gasteiger partial charge is 0.252 e. The van der Waals surface area contributed by atoms with E-state index >= 15 is 0 Å². The van der Waals surface area contributed by atoms with E-state index in [2.05, 4.69) is 34.4 Å². The van der Waals surface area contributed by atoms with Crippen LogP contribution in [0.4, 0.5) is 0 Å². The van der Waals surface area contributed by atoms with Gasteiger partial charge in [0.15, 0.2) is 5.76 Å². The third kappa shape index (κ3) is 4.99. The second-order valence-corrected chi connectivity index (χ2v) is 10.4. The average molecular weight is 469 g/mol. The van der Waals surface area contributed by atoms with E-state index in [4.69, 9.17) is 4.52 Å². The van der Waals surface area contributed by atoms with Crippen molar-refractivity contribution in [1.82, 2.24) is 14.0 Å². The van der Waals surface area contributed by atoms with Gasteiger partial charge in [-0.3, -0.25) is 4.79 Å². The van der Waals surface area contributed by atoms with Crippen molar-refractivity contribution in [2.24, 2.45) is 10.9 Å². The lowest BCUT2D eigenvalue weighted by Gasteiger charge is -2.30. The highest BCUT2D eigenvalue weighted by molar-refractivity contribution is 7.89. The van der Waals surface area contributed by atoms with Crippen LogP contribution in [0, 0.1) is 26.7 Å². The van der Waals surface area contributed by atoms with Gasteiger partial charge in [0, 0.05) is 25.8 Å². The summed E-state index contributed by atoms with van der Waals surface area (Å²) < 4.78 is 34.7. The fourth-order valence-electron chi connectivity index (χ4n) is 4.13. The van der Waals surface area contributed by atoms with E-state index in [1.807, 2.05) is 29.8 Å². The Morgan fingerprint density at radius 1 is 1.15 bits per heavy atom. The SMILES string of the molecule is Cc1ccc(Cn2ccccc2=NC(=O)C2CCCN(S(=O)(=O)c3c(C)noc3C)C2)cc1. The molecule has 0 saturated carbocycles. The molecule has 3 heterocycles. The molecular formula is C24H28N4O4S. The minimum atomic E-state index is -3.79. The zero-order chi connectivity index (χ0) is 23.6. The Bertz CT molecular complexity index is 1300. The van der Waals surface area contributed by atoms with Crippen molar-refractivity contribution >= 4 is 15.9 Å². The van der Waals surface area contributed by atoms with Crippen LogP contribution in [0.2, 0.25) is 0 Å². The number of piperidine rings is 1. The van der Waals surface area contributed by atoms with E-state index in [0.717, 1.165) is 5.56 Å². The third-order valence-electron chi connectivity index (χ3n) is 5.91. The molecule has 0 aliphatic carbocycles. The monoisotopic (exact) mass is 468 g/mol. The highest BCUT2D eigenvalue weighted by Gasteiger charge is 2.36. The number of sulfonamides is 1. The quantitative estimate of drug-likeness (QED) is 0.573. The molecule has 174 valence electrons. The predicted molar refractivity (Wildman–Crippen MR) is 123 cm³/mol. The molecule has 1 amide bonds. The van der Waals surface area contributed by atoms with Crippen LogP contribution in [-0.2, 0) is 21.4 Å². The molecule has 1 saturated heterocycles. The van der Waals surface area contributed by atoms with Crippen molar-refractivity contribution in [3.8, 4) is 0 Å². The normalized spacial score (nSPS) is 17.9. The summed E-state index contributed by atoms with van der Waals surface area (Å²) >= 11 is 0. The van der Waals surface area contributed by atoms with Crippen molar-refractivity contribution in [2.75, 3.05) is 13.1 Å². The molecule has 0 radical (unpaired) electrons. The first-order valence-corrected chi connectivity index (χ1v) is 12.4. The van der Waals surface area contributed by atoms with E-state index in [1.54, 1.807) is 19.9 Å². The van der Waals surface area contributed by atoms with Gasteiger partial charge in [-0.25, -0.2) is 8.42 Å². The van der Waals surface area contributed by atoms with Crippen LogP contribution in [0.3, 0.4) is 0 Å². The molecule has 4 rings (SSSR count). The van der Waals surface area contributed by atoms with E-state index in [9.17, 15) is 13.2 Å². The third-order valence-corrected chi connectivity index (χ3v) is 8.02. The standard InChI is InChI=1S/C24H28N4O4S/c1-17-9-11-20(12-10-17)15-27-13-5-4-8-22(27)25-24(29)21-7-6-14-28(16-21)33(30,31)23-18(2)26-32-19(23)3/h4-5,8-13,21H,6-7,14-16H2,1-3H3. The zero-order valence-corrected chi connectivity index (χ0v) is 19.9. The maximum absolute atomic E-state index is 13.2. The molecule has 0 bridgehead atoms. The largest absolute Gasteiger partial charge is 0.360 e. The first-order valence-electron chi connectivity index (χ1n) is 11.0. The minimum absolute atomic E-state index is 0.0894. The van der Waals surface area contributed by atoms with Crippen LogP contribution in [0.5, 0.6) is 0 Å². The van der Waals surface area contributed by atoms with Gasteiger partial charge in [0.25, 0.3) is 5.91 Å². The molecule has 1 atom stereocenters. The number of benzene rings is 1. The second kappa shape index (κ2) is 9.44. The first-order chi connectivity index (χ1) is 15.8. The summed E-state index contributed by atoms with van der Waals surface area (Å²) in [4.78, 5) is 17.5. The van der Waals surface area contributed by atoms with Gasteiger partial charge in [0.2, 0.25) is 10.0 Å². The lowest BCUT2D eigenvalue weighted by atomic mass is 9.99. The van der Waals surface area contributed by atoms with E-state index in [1.165, 1.54) is 9.87 Å². The van der Waals surface area contributed by atoms with Gasteiger partial charge >= 0.3 is 0 Å².